The summed E-state index contributed by atoms with van der Waals surface area (Å²) >= 11 is 0. The minimum atomic E-state index is -0.448. The predicted molar refractivity (Wildman–Crippen MR) is 111 cm³/mol. The maximum atomic E-state index is 12.3. The maximum absolute atomic E-state index is 12.3. The van der Waals surface area contributed by atoms with Gasteiger partial charge in [0.05, 0.1) is 0 Å². The molecule has 2 atom stereocenters. The molecule has 0 spiro atoms. The van der Waals surface area contributed by atoms with Crippen molar-refractivity contribution in [1.82, 2.24) is 9.80 Å². The van der Waals surface area contributed by atoms with E-state index < -0.39 is 5.60 Å². The van der Waals surface area contributed by atoms with Crippen LogP contribution in [0.3, 0.4) is 0 Å². The summed E-state index contributed by atoms with van der Waals surface area (Å²) < 4.78 is 5.51. The summed E-state index contributed by atoms with van der Waals surface area (Å²) in [5.41, 5.74) is 8.04. The molecule has 2 N–H and O–H groups in total. The first kappa shape index (κ1) is 21.7. The van der Waals surface area contributed by atoms with Crippen LogP contribution >= 0.6 is 0 Å². The molecular weight excluding hydrogens is 338 g/mol. The van der Waals surface area contributed by atoms with Crippen LogP contribution in [0.2, 0.25) is 0 Å². The van der Waals surface area contributed by atoms with Gasteiger partial charge in [-0.1, -0.05) is 38.1 Å². The highest BCUT2D eigenvalue weighted by Crippen LogP contribution is 2.30. The summed E-state index contributed by atoms with van der Waals surface area (Å²) in [6.45, 7) is 15.4. The molecule has 0 radical (unpaired) electrons. The van der Waals surface area contributed by atoms with Gasteiger partial charge in [0.15, 0.2) is 0 Å². The average Bonchev–Trinajstić information content (AvgIpc) is 2.58. The number of hydrogen-bond donors (Lipinski definition) is 1. The lowest BCUT2D eigenvalue weighted by Gasteiger charge is -2.40. The molecule has 1 aromatic rings. The molecule has 27 heavy (non-hydrogen) atoms. The Hall–Kier alpha value is -1.59. The second kappa shape index (κ2) is 9.07. The molecule has 2 rings (SSSR count). The van der Waals surface area contributed by atoms with Crippen molar-refractivity contribution in [2.45, 2.75) is 65.6 Å². The molecule has 0 bridgehead atoms. The van der Waals surface area contributed by atoms with E-state index in [1.807, 2.05) is 32.6 Å². The van der Waals surface area contributed by atoms with Gasteiger partial charge >= 0.3 is 6.09 Å². The molecule has 1 aliphatic heterocycles. The molecule has 1 unspecified atom stereocenters. The van der Waals surface area contributed by atoms with Crippen LogP contribution in [-0.4, -0.2) is 47.7 Å². The Balaban J connectivity index is 2.05. The molecule has 1 heterocycles. The summed E-state index contributed by atoms with van der Waals surface area (Å²) in [6, 6.07) is 9.14. The van der Waals surface area contributed by atoms with Crippen LogP contribution in [0.25, 0.3) is 0 Å². The van der Waals surface area contributed by atoms with Gasteiger partial charge in [0.2, 0.25) is 0 Å². The van der Waals surface area contributed by atoms with Crippen molar-refractivity contribution in [2.75, 3.05) is 26.2 Å². The number of carbonyl (C=O) groups is 1. The first-order valence-electron chi connectivity index (χ1n) is 10.1. The topological polar surface area (TPSA) is 58.8 Å². The van der Waals surface area contributed by atoms with Crippen LogP contribution in [-0.2, 0) is 4.74 Å². The van der Waals surface area contributed by atoms with E-state index in [-0.39, 0.29) is 12.1 Å². The minimum Gasteiger partial charge on any atom is -0.444 e. The van der Waals surface area contributed by atoms with Gasteiger partial charge in [0.25, 0.3) is 0 Å². The Kier molecular flexibility index (Phi) is 7.29. The SMILES string of the molecule is CC(C)CC(c1ccc([C@H](C)N)cc1)N1CCN(C(=O)OC(C)(C)C)CC1. The van der Waals surface area contributed by atoms with Gasteiger partial charge in [-0.15, -0.1) is 0 Å². The molecule has 1 aromatic carbocycles. The van der Waals surface area contributed by atoms with Crippen LogP contribution in [0, 0.1) is 5.92 Å². The van der Waals surface area contributed by atoms with E-state index in [1.54, 1.807) is 0 Å². The van der Waals surface area contributed by atoms with E-state index in [0.29, 0.717) is 25.0 Å². The van der Waals surface area contributed by atoms with E-state index in [1.165, 1.54) is 5.56 Å². The zero-order valence-corrected chi connectivity index (χ0v) is 17.9. The van der Waals surface area contributed by atoms with Crippen LogP contribution in [0.4, 0.5) is 4.79 Å². The average molecular weight is 376 g/mol. The van der Waals surface area contributed by atoms with Crippen molar-refractivity contribution < 1.29 is 9.53 Å². The first-order valence-corrected chi connectivity index (χ1v) is 10.1. The number of benzene rings is 1. The van der Waals surface area contributed by atoms with Crippen molar-refractivity contribution in [3.05, 3.63) is 35.4 Å². The van der Waals surface area contributed by atoms with E-state index in [0.717, 1.165) is 25.1 Å². The van der Waals surface area contributed by atoms with Crippen LogP contribution in [0.1, 0.15) is 71.2 Å². The molecule has 5 heteroatoms. The van der Waals surface area contributed by atoms with E-state index in [9.17, 15) is 4.79 Å². The Morgan fingerprint density at radius 3 is 2.00 bits per heavy atom. The van der Waals surface area contributed by atoms with Crippen LogP contribution < -0.4 is 5.73 Å². The number of nitrogens with two attached hydrogens (primary N) is 1. The van der Waals surface area contributed by atoms with Gasteiger partial charge in [-0.05, 0) is 51.2 Å². The molecule has 5 nitrogen and oxygen atoms in total. The molecule has 1 fully saturated rings. The Labute approximate surface area is 164 Å². The normalized spacial score (nSPS) is 18.4. The Morgan fingerprint density at radius 2 is 1.56 bits per heavy atom. The van der Waals surface area contributed by atoms with Crippen molar-refractivity contribution in [2.24, 2.45) is 11.7 Å². The van der Waals surface area contributed by atoms with Gasteiger partial charge < -0.3 is 15.4 Å². The minimum absolute atomic E-state index is 0.0555. The first-order chi connectivity index (χ1) is 12.6. The van der Waals surface area contributed by atoms with Crippen molar-refractivity contribution in [3.63, 3.8) is 0 Å². The second-order valence-corrected chi connectivity index (χ2v) is 9.10. The fourth-order valence-electron chi connectivity index (χ4n) is 3.51. The van der Waals surface area contributed by atoms with Crippen molar-refractivity contribution >= 4 is 6.09 Å². The highest BCUT2D eigenvalue weighted by molar-refractivity contribution is 5.68. The lowest BCUT2D eigenvalue weighted by atomic mass is 9.93. The van der Waals surface area contributed by atoms with Crippen LogP contribution in [0.5, 0.6) is 0 Å². The Bertz CT molecular complexity index is 597. The number of amides is 1. The number of hydrogen-bond acceptors (Lipinski definition) is 4. The van der Waals surface area contributed by atoms with Gasteiger partial charge in [-0.25, -0.2) is 4.79 Å². The zero-order valence-electron chi connectivity index (χ0n) is 17.9. The van der Waals surface area contributed by atoms with Crippen molar-refractivity contribution in [3.8, 4) is 0 Å². The van der Waals surface area contributed by atoms with E-state index >= 15 is 0 Å². The fraction of sp³-hybridized carbons (Fsp3) is 0.682. The summed E-state index contributed by atoms with van der Waals surface area (Å²) in [4.78, 5) is 16.6. The number of carbonyl (C=O) groups excluding carboxylic acids is 1. The third kappa shape index (κ3) is 6.51. The molecule has 152 valence electrons. The summed E-state index contributed by atoms with van der Waals surface area (Å²) in [5.74, 6) is 0.604. The fourth-order valence-corrected chi connectivity index (χ4v) is 3.51. The summed E-state index contributed by atoms with van der Waals surface area (Å²) in [6.07, 6.45) is 0.896. The number of ether oxygens (including phenoxy) is 1. The molecule has 1 aliphatic rings. The molecule has 0 aliphatic carbocycles. The van der Waals surface area contributed by atoms with Gasteiger partial charge in [0.1, 0.15) is 5.60 Å². The molecular formula is C22H37N3O2. The smallest absolute Gasteiger partial charge is 0.410 e. The van der Waals surface area contributed by atoms with Gasteiger partial charge in [-0.2, -0.15) is 0 Å². The molecule has 0 saturated carbocycles. The number of rotatable bonds is 5. The number of piperazine rings is 1. The quantitative estimate of drug-likeness (QED) is 0.831. The Morgan fingerprint density at radius 1 is 1.04 bits per heavy atom. The molecule has 1 saturated heterocycles. The lowest BCUT2D eigenvalue weighted by Crippen LogP contribution is -2.51. The molecule has 1 amide bonds. The summed E-state index contributed by atoms with van der Waals surface area (Å²) in [5, 5.41) is 0. The van der Waals surface area contributed by atoms with Gasteiger partial charge in [0, 0.05) is 38.3 Å². The molecule has 0 aromatic heterocycles. The highest BCUT2D eigenvalue weighted by Gasteiger charge is 2.29. The highest BCUT2D eigenvalue weighted by atomic mass is 16.6. The zero-order chi connectivity index (χ0) is 20.2. The monoisotopic (exact) mass is 375 g/mol. The van der Waals surface area contributed by atoms with E-state index in [2.05, 4.69) is 43.0 Å². The van der Waals surface area contributed by atoms with Crippen LogP contribution in [0.15, 0.2) is 24.3 Å². The number of nitrogens with zero attached hydrogens (tertiary/aromatic N) is 2. The predicted octanol–water partition coefficient (Wildman–Crippen LogP) is 4.35. The second-order valence-electron chi connectivity index (χ2n) is 9.10. The van der Waals surface area contributed by atoms with E-state index in [4.69, 9.17) is 10.5 Å². The maximum Gasteiger partial charge on any atom is 0.410 e. The summed E-state index contributed by atoms with van der Waals surface area (Å²) in [7, 11) is 0. The van der Waals surface area contributed by atoms with Crippen molar-refractivity contribution in [1.29, 1.82) is 0 Å². The standard InChI is InChI=1S/C22H37N3O2/c1-16(2)15-20(19-9-7-18(8-10-19)17(3)23)24-11-13-25(14-12-24)21(26)27-22(4,5)6/h7-10,16-17,20H,11-15,23H2,1-6H3/t17-,20?/m0/s1. The van der Waals surface area contributed by atoms with Gasteiger partial charge in [-0.3, -0.25) is 4.90 Å². The largest absolute Gasteiger partial charge is 0.444 e. The third-order valence-electron chi connectivity index (χ3n) is 4.95. The lowest BCUT2D eigenvalue weighted by molar-refractivity contribution is 0.00905. The third-order valence-corrected chi connectivity index (χ3v) is 4.95.